The van der Waals surface area contributed by atoms with Crippen LogP contribution in [0.25, 0.3) is 5.57 Å². The second-order valence-electron chi connectivity index (χ2n) is 8.85. The predicted octanol–water partition coefficient (Wildman–Crippen LogP) is 2.77. The number of hydrogen-bond acceptors (Lipinski definition) is 6. The van der Waals surface area contributed by atoms with Gasteiger partial charge in [0.2, 0.25) is 10.0 Å². The second-order valence-corrected chi connectivity index (χ2v) is 10.8. The number of nitrogens with zero attached hydrogens (tertiary/aromatic N) is 2. The fourth-order valence-corrected chi connectivity index (χ4v) is 6.49. The van der Waals surface area contributed by atoms with E-state index in [2.05, 4.69) is 6.07 Å². The van der Waals surface area contributed by atoms with Gasteiger partial charge in [-0.05, 0) is 52.9 Å². The number of carbonyl (C=O) groups excluding carboxylic acids is 1. The molecule has 0 bridgehead atoms. The summed E-state index contributed by atoms with van der Waals surface area (Å²) in [5.74, 6) is -0.612. The summed E-state index contributed by atoms with van der Waals surface area (Å²) in [5, 5.41) is 20.0. The number of phenols is 1. The minimum Gasteiger partial charge on any atom is -0.507 e. The Balaban J connectivity index is 1.66. The maximum atomic E-state index is 13.6. The fraction of sp³-hybridized carbons (Fsp3) is 0.333. The highest BCUT2D eigenvalue weighted by Gasteiger charge is 2.44. The van der Waals surface area contributed by atoms with E-state index in [4.69, 9.17) is 4.74 Å². The molecule has 2 aliphatic carbocycles. The highest BCUT2D eigenvalue weighted by molar-refractivity contribution is 7.89. The average Bonchev–Trinajstić information content (AvgIpc) is 3.18. The van der Waals surface area contributed by atoms with E-state index >= 15 is 0 Å². The van der Waals surface area contributed by atoms with Crippen molar-refractivity contribution in [1.29, 1.82) is 5.26 Å². The van der Waals surface area contributed by atoms with Crippen molar-refractivity contribution in [2.75, 3.05) is 26.3 Å². The van der Waals surface area contributed by atoms with Crippen molar-refractivity contribution in [3.63, 3.8) is 0 Å². The molecule has 0 radical (unpaired) electrons. The molecule has 1 N–H and O–H groups in total. The average molecular weight is 451 g/mol. The van der Waals surface area contributed by atoms with Crippen LogP contribution in [-0.2, 0) is 26.6 Å². The minimum absolute atomic E-state index is 0.197. The molecule has 1 heterocycles. The van der Waals surface area contributed by atoms with Gasteiger partial charge in [-0.25, -0.2) is 8.42 Å². The zero-order valence-corrected chi connectivity index (χ0v) is 18.6. The van der Waals surface area contributed by atoms with E-state index < -0.39 is 15.4 Å². The highest BCUT2D eigenvalue weighted by atomic mass is 32.2. The summed E-state index contributed by atoms with van der Waals surface area (Å²) in [6, 6.07) is 10.2. The molecule has 32 heavy (non-hydrogen) atoms. The lowest BCUT2D eigenvalue weighted by molar-refractivity contribution is 0.0729. The topological polar surface area (TPSA) is 108 Å². The van der Waals surface area contributed by atoms with Gasteiger partial charge in [0.1, 0.15) is 10.6 Å². The molecule has 1 aliphatic heterocycles. The molecule has 1 saturated heterocycles. The lowest BCUT2D eigenvalue weighted by atomic mass is 9.68. The summed E-state index contributed by atoms with van der Waals surface area (Å²) in [5.41, 5.74) is 4.02. The molecule has 2 aromatic carbocycles. The van der Waals surface area contributed by atoms with Gasteiger partial charge in [0, 0.05) is 29.6 Å². The van der Waals surface area contributed by atoms with Crippen LogP contribution in [0.2, 0.25) is 0 Å². The third kappa shape index (κ3) is 2.85. The Labute approximate surface area is 186 Å². The molecular weight excluding hydrogens is 428 g/mol. The predicted molar refractivity (Wildman–Crippen MR) is 117 cm³/mol. The van der Waals surface area contributed by atoms with E-state index in [0.29, 0.717) is 23.1 Å². The van der Waals surface area contributed by atoms with Crippen LogP contribution in [0.15, 0.2) is 40.8 Å². The molecule has 0 spiro atoms. The number of hydrogen-bond donors (Lipinski definition) is 1. The number of rotatable bonds is 2. The molecule has 3 aliphatic rings. The Kier molecular flexibility index (Phi) is 4.57. The molecule has 1 fully saturated rings. The molecule has 0 saturated carbocycles. The molecule has 2 aromatic rings. The van der Waals surface area contributed by atoms with Crippen LogP contribution in [0.1, 0.15) is 46.5 Å². The van der Waals surface area contributed by atoms with Crippen LogP contribution >= 0.6 is 0 Å². The Morgan fingerprint density at radius 1 is 1.12 bits per heavy atom. The molecular formula is C24H22N2O5S. The SMILES string of the molecule is CC1(C)C2=C(C(=O)c3cc(S(=O)(=O)N4CCOCC4)c(O)cc31)c1ccc(C#N)cc1C2. The number of fused-ring (bicyclic) bond motifs is 3. The van der Waals surface area contributed by atoms with Crippen molar-refractivity contribution in [2.45, 2.75) is 30.6 Å². The van der Waals surface area contributed by atoms with Gasteiger partial charge in [0.15, 0.2) is 5.78 Å². The quantitative estimate of drug-likeness (QED) is 0.754. The maximum Gasteiger partial charge on any atom is 0.246 e. The Hall–Kier alpha value is -2.99. The van der Waals surface area contributed by atoms with Crippen molar-refractivity contribution < 1.29 is 23.1 Å². The summed E-state index contributed by atoms with van der Waals surface area (Å²) in [4.78, 5) is 13.4. The van der Waals surface area contributed by atoms with Gasteiger partial charge < -0.3 is 9.84 Å². The van der Waals surface area contributed by atoms with E-state index in [1.54, 1.807) is 18.2 Å². The number of aromatic hydroxyl groups is 1. The largest absolute Gasteiger partial charge is 0.507 e. The second kappa shape index (κ2) is 7.01. The van der Waals surface area contributed by atoms with Gasteiger partial charge >= 0.3 is 0 Å². The fourth-order valence-electron chi connectivity index (χ4n) is 4.99. The maximum absolute atomic E-state index is 13.6. The molecule has 0 atom stereocenters. The first-order valence-corrected chi connectivity index (χ1v) is 11.9. The first-order chi connectivity index (χ1) is 15.2. The molecule has 0 aromatic heterocycles. The Morgan fingerprint density at radius 2 is 1.84 bits per heavy atom. The minimum atomic E-state index is -3.98. The van der Waals surface area contributed by atoms with Gasteiger partial charge in [0.25, 0.3) is 0 Å². The van der Waals surface area contributed by atoms with Crippen LogP contribution in [-0.4, -0.2) is 49.9 Å². The van der Waals surface area contributed by atoms with Crippen LogP contribution in [0.3, 0.4) is 0 Å². The van der Waals surface area contributed by atoms with Gasteiger partial charge in [-0.1, -0.05) is 19.9 Å². The van der Waals surface area contributed by atoms with Crippen molar-refractivity contribution in [1.82, 2.24) is 4.31 Å². The van der Waals surface area contributed by atoms with E-state index in [-0.39, 0.29) is 48.3 Å². The van der Waals surface area contributed by atoms with E-state index in [1.165, 1.54) is 16.4 Å². The van der Waals surface area contributed by atoms with Gasteiger partial charge in [-0.3, -0.25) is 4.79 Å². The van der Waals surface area contributed by atoms with Crippen molar-refractivity contribution in [3.05, 3.63) is 63.7 Å². The van der Waals surface area contributed by atoms with Gasteiger partial charge in [0.05, 0.1) is 24.8 Å². The van der Waals surface area contributed by atoms with Crippen LogP contribution in [0.4, 0.5) is 0 Å². The summed E-state index contributed by atoms with van der Waals surface area (Å²) in [6.07, 6.45) is 0.535. The molecule has 0 amide bonds. The summed E-state index contributed by atoms with van der Waals surface area (Å²) < 4.78 is 32.9. The zero-order chi connectivity index (χ0) is 22.8. The molecule has 0 unspecified atom stereocenters. The normalized spacial score (nSPS) is 19.8. The van der Waals surface area contributed by atoms with Gasteiger partial charge in [-0.2, -0.15) is 9.57 Å². The lowest BCUT2D eigenvalue weighted by Gasteiger charge is -2.35. The number of phenolic OH excluding ortho intramolecular Hbond substituents is 1. The smallest absolute Gasteiger partial charge is 0.246 e. The highest BCUT2D eigenvalue weighted by Crippen LogP contribution is 2.51. The zero-order valence-electron chi connectivity index (χ0n) is 17.8. The molecule has 5 rings (SSSR count). The van der Waals surface area contributed by atoms with Crippen molar-refractivity contribution in [2.24, 2.45) is 0 Å². The van der Waals surface area contributed by atoms with E-state index in [0.717, 1.165) is 16.7 Å². The lowest BCUT2D eigenvalue weighted by Crippen LogP contribution is -2.40. The van der Waals surface area contributed by atoms with Crippen LogP contribution in [0, 0.1) is 11.3 Å². The number of nitriles is 1. The number of sulfonamides is 1. The van der Waals surface area contributed by atoms with E-state index in [1.807, 2.05) is 13.8 Å². The van der Waals surface area contributed by atoms with Gasteiger partial charge in [-0.15, -0.1) is 0 Å². The molecule has 164 valence electrons. The summed E-state index contributed by atoms with van der Waals surface area (Å²) in [6.45, 7) is 4.91. The number of ketones is 1. The molecule has 8 heteroatoms. The Morgan fingerprint density at radius 3 is 2.53 bits per heavy atom. The van der Waals surface area contributed by atoms with Crippen molar-refractivity contribution >= 4 is 21.4 Å². The number of ether oxygens (including phenoxy) is 1. The summed E-state index contributed by atoms with van der Waals surface area (Å²) in [7, 11) is -3.98. The number of allylic oxidation sites excluding steroid dienone is 2. The van der Waals surface area contributed by atoms with Crippen molar-refractivity contribution in [3.8, 4) is 11.8 Å². The van der Waals surface area contributed by atoms with Crippen LogP contribution in [0.5, 0.6) is 5.75 Å². The third-order valence-electron chi connectivity index (χ3n) is 6.76. The Bertz CT molecular complexity index is 1360. The molecule has 7 nitrogen and oxygen atoms in total. The number of Topliss-reactive ketones (excluding diaryl/α,β-unsaturated/α-hetero) is 1. The summed E-state index contributed by atoms with van der Waals surface area (Å²) >= 11 is 0. The van der Waals surface area contributed by atoms with E-state index in [9.17, 15) is 23.6 Å². The first kappa shape index (κ1) is 20.9. The third-order valence-corrected chi connectivity index (χ3v) is 8.69. The monoisotopic (exact) mass is 450 g/mol. The number of benzene rings is 2. The van der Waals surface area contributed by atoms with Crippen LogP contribution < -0.4 is 0 Å². The first-order valence-electron chi connectivity index (χ1n) is 10.4. The number of morpholine rings is 1. The standard InChI is InChI=1S/C24H22N2O5S/c1-24(2)18-12-20(27)21(32(29,30)26-5-7-31-8-6-26)11-17(18)23(28)22-16-4-3-14(13-25)9-15(16)10-19(22)24/h3-4,9,11-12,27H,5-8,10H2,1-2H3. The number of carbonyl (C=O) groups is 1.